The number of ether oxygens (including phenoxy) is 1. The molecule has 1 aliphatic carbocycles. The predicted molar refractivity (Wildman–Crippen MR) is 84.1 cm³/mol. The molecule has 1 fully saturated rings. The van der Waals surface area contributed by atoms with Crippen molar-refractivity contribution in [2.24, 2.45) is 5.73 Å². The third-order valence-electron chi connectivity index (χ3n) is 3.34. The summed E-state index contributed by atoms with van der Waals surface area (Å²) < 4.78 is 18.9. The van der Waals surface area contributed by atoms with Crippen molar-refractivity contribution in [3.05, 3.63) is 59.9 Å². The van der Waals surface area contributed by atoms with Crippen LogP contribution in [0.15, 0.2) is 53.4 Å². The van der Waals surface area contributed by atoms with Crippen LogP contribution in [-0.4, -0.2) is 11.9 Å². The van der Waals surface area contributed by atoms with Gasteiger partial charge in [-0.2, -0.15) is 0 Å². The molecule has 2 aromatic carbocycles. The molecule has 0 heterocycles. The summed E-state index contributed by atoms with van der Waals surface area (Å²) in [7, 11) is 0. The summed E-state index contributed by atoms with van der Waals surface area (Å²) in [4.78, 5) is 0.899. The Morgan fingerprint density at radius 1 is 1.19 bits per heavy atom. The number of hydrogen-bond acceptors (Lipinski definition) is 3. The van der Waals surface area contributed by atoms with Crippen LogP contribution in [0.4, 0.5) is 4.39 Å². The van der Waals surface area contributed by atoms with Gasteiger partial charge in [-0.15, -0.1) is 11.8 Å². The van der Waals surface area contributed by atoms with Gasteiger partial charge in [0.05, 0.1) is 6.10 Å². The molecule has 110 valence electrons. The van der Waals surface area contributed by atoms with Crippen molar-refractivity contribution < 1.29 is 9.13 Å². The zero-order chi connectivity index (χ0) is 14.7. The Balaban J connectivity index is 1.60. The van der Waals surface area contributed by atoms with E-state index in [0.29, 0.717) is 11.9 Å². The molecular weight excluding hydrogens is 285 g/mol. The molecule has 3 rings (SSSR count). The summed E-state index contributed by atoms with van der Waals surface area (Å²) in [6.07, 6.45) is 2.68. The predicted octanol–water partition coefficient (Wildman–Crippen LogP) is 4.16. The van der Waals surface area contributed by atoms with Crippen LogP contribution in [0.3, 0.4) is 0 Å². The van der Waals surface area contributed by atoms with Gasteiger partial charge in [-0.05, 0) is 48.7 Å². The van der Waals surface area contributed by atoms with E-state index in [-0.39, 0.29) is 11.9 Å². The van der Waals surface area contributed by atoms with Gasteiger partial charge in [0.25, 0.3) is 0 Å². The molecule has 1 saturated carbocycles. The summed E-state index contributed by atoms with van der Waals surface area (Å²) in [5.41, 5.74) is 7.28. The van der Waals surface area contributed by atoms with E-state index in [1.54, 1.807) is 17.8 Å². The minimum Gasteiger partial charge on any atom is -0.490 e. The lowest BCUT2D eigenvalue weighted by atomic mass is 10.1. The van der Waals surface area contributed by atoms with Crippen LogP contribution in [0.2, 0.25) is 0 Å². The molecule has 0 amide bonds. The molecule has 2 aromatic rings. The first-order valence-electron chi connectivity index (χ1n) is 7.11. The highest BCUT2D eigenvalue weighted by Crippen LogP contribution is 2.29. The highest BCUT2D eigenvalue weighted by atomic mass is 32.2. The summed E-state index contributed by atoms with van der Waals surface area (Å²) in [5.74, 6) is 1.38. The van der Waals surface area contributed by atoms with Gasteiger partial charge in [0.15, 0.2) is 0 Å². The van der Waals surface area contributed by atoms with E-state index in [0.717, 1.165) is 29.1 Å². The molecule has 2 nitrogen and oxygen atoms in total. The lowest BCUT2D eigenvalue weighted by Gasteiger charge is -2.13. The Bertz CT molecular complexity index is 615. The summed E-state index contributed by atoms with van der Waals surface area (Å²) >= 11 is 1.56. The molecule has 2 N–H and O–H groups in total. The van der Waals surface area contributed by atoms with Gasteiger partial charge in [-0.25, -0.2) is 4.39 Å². The highest BCUT2D eigenvalue weighted by Gasteiger charge is 2.23. The summed E-state index contributed by atoms with van der Waals surface area (Å²) in [6, 6.07) is 14.5. The van der Waals surface area contributed by atoms with Crippen LogP contribution in [0, 0.1) is 5.82 Å². The minimum atomic E-state index is -0.214. The van der Waals surface area contributed by atoms with E-state index >= 15 is 0 Å². The lowest BCUT2D eigenvalue weighted by molar-refractivity contribution is 0.303. The van der Waals surface area contributed by atoms with E-state index in [9.17, 15) is 4.39 Å². The number of rotatable bonds is 6. The fraction of sp³-hybridized carbons (Fsp3) is 0.294. The molecule has 21 heavy (non-hydrogen) atoms. The van der Waals surface area contributed by atoms with Crippen molar-refractivity contribution in [3.8, 4) is 5.75 Å². The Hall–Kier alpha value is -1.52. The van der Waals surface area contributed by atoms with Crippen molar-refractivity contribution in [1.29, 1.82) is 0 Å². The van der Waals surface area contributed by atoms with Gasteiger partial charge >= 0.3 is 0 Å². The van der Waals surface area contributed by atoms with E-state index in [1.807, 2.05) is 30.3 Å². The van der Waals surface area contributed by atoms with Gasteiger partial charge in [-0.3, -0.25) is 0 Å². The summed E-state index contributed by atoms with van der Waals surface area (Å²) in [5, 5.41) is 0. The van der Waals surface area contributed by atoms with Crippen LogP contribution in [0.25, 0.3) is 0 Å². The van der Waals surface area contributed by atoms with E-state index in [1.165, 1.54) is 12.1 Å². The second-order valence-electron chi connectivity index (χ2n) is 5.26. The highest BCUT2D eigenvalue weighted by molar-refractivity contribution is 7.99. The standard InChI is InChI=1S/C17H18FNOS/c18-13-4-2-6-16(10-13)21-11-17(19)12-3-1-5-15(9-12)20-14-7-8-14/h1-6,9-10,14,17H,7-8,11,19H2. The van der Waals surface area contributed by atoms with Crippen molar-refractivity contribution >= 4 is 11.8 Å². The molecule has 1 unspecified atom stereocenters. The molecule has 4 heteroatoms. The maximum Gasteiger partial charge on any atom is 0.124 e. The van der Waals surface area contributed by atoms with Crippen LogP contribution >= 0.6 is 11.8 Å². The number of benzene rings is 2. The van der Waals surface area contributed by atoms with Gasteiger partial charge < -0.3 is 10.5 Å². The average molecular weight is 303 g/mol. The van der Waals surface area contributed by atoms with Crippen molar-refractivity contribution in [3.63, 3.8) is 0 Å². The van der Waals surface area contributed by atoms with Gasteiger partial charge in [0, 0.05) is 16.7 Å². The Kier molecular flexibility index (Phi) is 4.46. The third-order valence-corrected chi connectivity index (χ3v) is 4.45. The van der Waals surface area contributed by atoms with Crippen LogP contribution in [0.1, 0.15) is 24.4 Å². The Morgan fingerprint density at radius 2 is 2.00 bits per heavy atom. The molecule has 0 radical (unpaired) electrons. The second-order valence-corrected chi connectivity index (χ2v) is 6.36. The van der Waals surface area contributed by atoms with Gasteiger partial charge in [0.2, 0.25) is 0 Å². The number of hydrogen-bond donors (Lipinski definition) is 1. The first-order chi connectivity index (χ1) is 10.2. The van der Waals surface area contributed by atoms with E-state index < -0.39 is 0 Å². The normalized spacial score (nSPS) is 15.7. The first kappa shape index (κ1) is 14.4. The molecule has 1 aliphatic rings. The quantitative estimate of drug-likeness (QED) is 0.814. The summed E-state index contributed by atoms with van der Waals surface area (Å²) in [6.45, 7) is 0. The van der Waals surface area contributed by atoms with Crippen molar-refractivity contribution in [1.82, 2.24) is 0 Å². The largest absolute Gasteiger partial charge is 0.490 e. The van der Waals surface area contributed by atoms with Crippen LogP contribution < -0.4 is 10.5 Å². The smallest absolute Gasteiger partial charge is 0.124 e. The van der Waals surface area contributed by atoms with Gasteiger partial charge in [-0.1, -0.05) is 18.2 Å². The van der Waals surface area contributed by atoms with E-state index in [4.69, 9.17) is 10.5 Å². The number of nitrogens with two attached hydrogens (primary N) is 1. The number of thioether (sulfide) groups is 1. The molecule has 0 aliphatic heterocycles. The fourth-order valence-electron chi connectivity index (χ4n) is 2.04. The van der Waals surface area contributed by atoms with Crippen LogP contribution in [-0.2, 0) is 0 Å². The third kappa shape index (κ3) is 4.22. The van der Waals surface area contributed by atoms with Crippen molar-refractivity contribution in [2.45, 2.75) is 29.9 Å². The Labute approximate surface area is 128 Å². The zero-order valence-corrected chi connectivity index (χ0v) is 12.5. The maximum absolute atomic E-state index is 13.1. The fourth-order valence-corrected chi connectivity index (χ4v) is 2.97. The second kappa shape index (κ2) is 6.50. The minimum absolute atomic E-state index is 0.0963. The molecule has 0 bridgehead atoms. The average Bonchev–Trinajstić information content (AvgIpc) is 3.29. The maximum atomic E-state index is 13.1. The van der Waals surface area contributed by atoms with Crippen molar-refractivity contribution in [2.75, 3.05) is 5.75 Å². The molecule has 0 aromatic heterocycles. The Morgan fingerprint density at radius 3 is 2.76 bits per heavy atom. The number of halogens is 1. The van der Waals surface area contributed by atoms with Gasteiger partial charge in [0.1, 0.15) is 11.6 Å². The topological polar surface area (TPSA) is 35.2 Å². The molecule has 0 saturated heterocycles. The van der Waals surface area contributed by atoms with E-state index in [2.05, 4.69) is 0 Å². The molecular formula is C17H18FNOS. The van der Waals surface area contributed by atoms with Crippen LogP contribution in [0.5, 0.6) is 5.75 Å². The molecule has 1 atom stereocenters. The SMILES string of the molecule is NC(CSc1cccc(F)c1)c1cccc(OC2CC2)c1. The molecule has 0 spiro atoms. The monoisotopic (exact) mass is 303 g/mol. The zero-order valence-electron chi connectivity index (χ0n) is 11.7. The first-order valence-corrected chi connectivity index (χ1v) is 8.10. The lowest BCUT2D eigenvalue weighted by Crippen LogP contribution is -2.13.